The molecule has 0 aliphatic carbocycles. The van der Waals surface area contributed by atoms with Crippen molar-refractivity contribution in [2.45, 2.75) is 18.5 Å². The topological polar surface area (TPSA) is 23.6 Å². The molecule has 4 rings (SSSR count). The highest BCUT2D eigenvalue weighted by Gasteiger charge is 2.43. The van der Waals surface area contributed by atoms with E-state index in [1.807, 2.05) is 36.4 Å². The highest BCUT2D eigenvalue weighted by Crippen LogP contribution is 2.38. The zero-order valence-electron chi connectivity index (χ0n) is 12.2. The molecule has 112 valence electrons. The van der Waals surface area contributed by atoms with E-state index >= 15 is 0 Å². The molecule has 2 aromatic rings. The summed E-state index contributed by atoms with van der Waals surface area (Å²) in [6.07, 6.45) is 2.02. The molecule has 2 bridgehead atoms. The zero-order chi connectivity index (χ0) is 15.1. The number of benzene rings is 2. The van der Waals surface area contributed by atoms with Crippen molar-refractivity contribution < 1.29 is 9.18 Å². The fraction of sp³-hybridized carbons (Fsp3) is 0.278. The Balaban J connectivity index is 1.57. The Hall–Kier alpha value is -2.36. The van der Waals surface area contributed by atoms with Crippen LogP contribution in [-0.2, 0) is 0 Å². The van der Waals surface area contributed by atoms with Gasteiger partial charge in [0.2, 0.25) is 0 Å². The van der Waals surface area contributed by atoms with E-state index < -0.39 is 0 Å². The van der Waals surface area contributed by atoms with E-state index in [-0.39, 0.29) is 5.82 Å². The van der Waals surface area contributed by atoms with E-state index in [2.05, 4.69) is 9.80 Å². The quantitative estimate of drug-likeness (QED) is 0.813. The molecular formula is C18H17FN2O. The number of carbonyl (C=O) groups excluding carboxylic acids is 1. The Kier molecular flexibility index (Phi) is 3.10. The van der Waals surface area contributed by atoms with Gasteiger partial charge in [-0.15, -0.1) is 0 Å². The molecular weight excluding hydrogens is 279 g/mol. The zero-order valence-corrected chi connectivity index (χ0v) is 12.2. The summed E-state index contributed by atoms with van der Waals surface area (Å²) in [5.74, 6) is -0.199. The molecule has 22 heavy (non-hydrogen) atoms. The van der Waals surface area contributed by atoms with Gasteiger partial charge in [0.15, 0.2) is 6.29 Å². The summed E-state index contributed by atoms with van der Waals surface area (Å²) in [7, 11) is 0. The fourth-order valence-electron chi connectivity index (χ4n) is 3.76. The van der Waals surface area contributed by atoms with E-state index in [1.165, 1.54) is 12.1 Å². The first-order chi connectivity index (χ1) is 10.8. The predicted octanol–water partition coefficient (Wildman–Crippen LogP) is 3.11. The first-order valence-corrected chi connectivity index (χ1v) is 7.59. The molecule has 0 amide bonds. The van der Waals surface area contributed by atoms with Crippen LogP contribution in [0.2, 0.25) is 0 Å². The van der Waals surface area contributed by atoms with Crippen molar-refractivity contribution in [1.82, 2.24) is 0 Å². The second-order valence-electron chi connectivity index (χ2n) is 6.00. The maximum Gasteiger partial charge on any atom is 0.152 e. The van der Waals surface area contributed by atoms with E-state index in [4.69, 9.17) is 0 Å². The van der Waals surface area contributed by atoms with Crippen LogP contribution in [0, 0.1) is 5.82 Å². The fourth-order valence-corrected chi connectivity index (χ4v) is 3.76. The predicted molar refractivity (Wildman–Crippen MR) is 85.1 cm³/mol. The summed E-state index contributed by atoms with van der Waals surface area (Å²) in [5.41, 5.74) is 2.87. The van der Waals surface area contributed by atoms with Gasteiger partial charge in [0.1, 0.15) is 5.82 Å². The molecule has 3 nitrogen and oxygen atoms in total. The van der Waals surface area contributed by atoms with Gasteiger partial charge in [-0.2, -0.15) is 0 Å². The van der Waals surface area contributed by atoms with Gasteiger partial charge in [-0.25, -0.2) is 4.39 Å². The van der Waals surface area contributed by atoms with Crippen molar-refractivity contribution in [3.8, 4) is 0 Å². The minimum absolute atomic E-state index is 0.199. The number of fused-ring (bicyclic) bond motifs is 2. The number of carbonyl (C=O) groups is 1. The number of rotatable bonds is 3. The number of piperazine rings is 1. The summed E-state index contributed by atoms with van der Waals surface area (Å²) >= 11 is 0. The molecule has 0 spiro atoms. The second kappa shape index (κ2) is 5.13. The molecule has 2 unspecified atom stereocenters. The largest absolute Gasteiger partial charge is 0.365 e. The molecule has 0 N–H and O–H groups in total. The summed E-state index contributed by atoms with van der Waals surface area (Å²) in [4.78, 5) is 15.9. The Morgan fingerprint density at radius 1 is 0.955 bits per heavy atom. The van der Waals surface area contributed by atoms with Crippen molar-refractivity contribution in [2.75, 3.05) is 22.9 Å². The van der Waals surface area contributed by atoms with Crippen LogP contribution in [-0.4, -0.2) is 31.5 Å². The highest BCUT2D eigenvalue weighted by atomic mass is 19.1. The number of halogens is 1. The van der Waals surface area contributed by atoms with Gasteiger partial charge in [-0.05, 0) is 42.8 Å². The van der Waals surface area contributed by atoms with Crippen LogP contribution in [0.15, 0.2) is 48.5 Å². The first-order valence-electron chi connectivity index (χ1n) is 7.59. The molecule has 2 aliphatic rings. The smallest absolute Gasteiger partial charge is 0.152 e. The normalized spacial score (nSPS) is 23.1. The minimum Gasteiger partial charge on any atom is -0.365 e. The number of anilines is 2. The summed E-state index contributed by atoms with van der Waals surface area (Å²) in [6.45, 7) is 1.83. The molecule has 2 atom stereocenters. The van der Waals surface area contributed by atoms with Gasteiger partial charge >= 0.3 is 0 Å². The van der Waals surface area contributed by atoms with Crippen molar-refractivity contribution in [3.05, 3.63) is 59.9 Å². The van der Waals surface area contributed by atoms with Gasteiger partial charge in [-0.3, -0.25) is 4.79 Å². The van der Waals surface area contributed by atoms with Crippen LogP contribution < -0.4 is 9.80 Å². The van der Waals surface area contributed by atoms with Gasteiger partial charge < -0.3 is 9.80 Å². The van der Waals surface area contributed by atoms with E-state index in [9.17, 15) is 9.18 Å². The molecule has 2 aliphatic heterocycles. The highest BCUT2D eigenvalue weighted by molar-refractivity contribution is 5.85. The van der Waals surface area contributed by atoms with Crippen LogP contribution in [0.5, 0.6) is 0 Å². The van der Waals surface area contributed by atoms with Gasteiger partial charge in [-0.1, -0.05) is 12.1 Å². The standard InChI is InChI=1S/C18H17FN2O/c19-14-5-7-15(8-6-14)20-10-17-9-16(20)11-21(17)18-4-2-1-3-13(18)12-22/h1-8,12,16-17H,9-11H2. The SMILES string of the molecule is O=Cc1ccccc1N1CC2CC1CN2c1ccc(F)cc1. The third-order valence-electron chi connectivity index (χ3n) is 4.77. The summed E-state index contributed by atoms with van der Waals surface area (Å²) in [6, 6.07) is 15.3. The molecule has 0 aromatic heterocycles. The Morgan fingerprint density at radius 2 is 1.64 bits per heavy atom. The Bertz CT molecular complexity index is 700. The minimum atomic E-state index is -0.199. The molecule has 0 saturated carbocycles. The van der Waals surface area contributed by atoms with Gasteiger partial charge in [0.25, 0.3) is 0 Å². The lowest BCUT2D eigenvalue weighted by molar-refractivity contribution is 0.112. The molecule has 2 heterocycles. The van der Waals surface area contributed by atoms with Crippen LogP contribution >= 0.6 is 0 Å². The van der Waals surface area contributed by atoms with Crippen molar-refractivity contribution in [3.63, 3.8) is 0 Å². The van der Waals surface area contributed by atoms with Crippen molar-refractivity contribution in [1.29, 1.82) is 0 Å². The lowest BCUT2D eigenvalue weighted by Gasteiger charge is -2.37. The van der Waals surface area contributed by atoms with Gasteiger partial charge in [0, 0.05) is 42.1 Å². The Morgan fingerprint density at radius 3 is 2.32 bits per heavy atom. The number of nitrogens with zero attached hydrogens (tertiary/aromatic N) is 2. The third-order valence-corrected chi connectivity index (χ3v) is 4.77. The van der Waals surface area contributed by atoms with Crippen LogP contribution in [0.1, 0.15) is 16.8 Å². The van der Waals surface area contributed by atoms with Crippen molar-refractivity contribution in [2.24, 2.45) is 0 Å². The lowest BCUT2D eigenvalue weighted by atomic mass is 10.1. The maximum atomic E-state index is 13.1. The number of para-hydroxylation sites is 1. The maximum absolute atomic E-state index is 13.1. The first kappa shape index (κ1) is 13.3. The van der Waals surface area contributed by atoms with Crippen molar-refractivity contribution >= 4 is 17.7 Å². The molecule has 2 saturated heterocycles. The van der Waals surface area contributed by atoms with Crippen LogP contribution in [0.4, 0.5) is 15.8 Å². The summed E-state index contributed by atoms with van der Waals surface area (Å²) in [5, 5.41) is 0. The molecule has 2 fully saturated rings. The molecule has 2 aromatic carbocycles. The second-order valence-corrected chi connectivity index (χ2v) is 6.00. The summed E-state index contributed by atoms with van der Waals surface area (Å²) < 4.78 is 13.1. The molecule has 0 radical (unpaired) electrons. The monoisotopic (exact) mass is 296 g/mol. The number of hydrogen-bond donors (Lipinski definition) is 0. The van der Waals surface area contributed by atoms with Gasteiger partial charge in [0.05, 0.1) is 0 Å². The average molecular weight is 296 g/mol. The van der Waals surface area contributed by atoms with Crippen LogP contribution in [0.3, 0.4) is 0 Å². The van der Waals surface area contributed by atoms with Crippen LogP contribution in [0.25, 0.3) is 0 Å². The number of aldehydes is 1. The van der Waals surface area contributed by atoms with E-state index in [1.54, 1.807) is 0 Å². The van der Waals surface area contributed by atoms with E-state index in [0.717, 1.165) is 42.7 Å². The lowest BCUT2D eigenvalue weighted by Crippen LogP contribution is -2.46. The Labute approximate surface area is 129 Å². The van der Waals surface area contributed by atoms with E-state index in [0.29, 0.717) is 12.1 Å². The molecule has 4 heteroatoms. The number of hydrogen-bond acceptors (Lipinski definition) is 3. The third kappa shape index (κ3) is 2.06. The average Bonchev–Trinajstić information content (AvgIpc) is 3.16.